The monoisotopic (exact) mass is 593 g/mol. The minimum atomic E-state index is -2.68. The Bertz CT molecular complexity index is 1520. The van der Waals surface area contributed by atoms with Gasteiger partial charge in [0, 0.05) is 11.0 Å². The number of benzene rings is 2. The first-order valence-electron chi connectivity index (χ1n) is 14.1. The number of tetrazole rings is 1. The maximum atomic E-state index is 13.2. The number of rotatable bonds is 11. The van der Waals surface area contributed by atoms with Gasteiger partial charge in [0.05, 0.1) is 17.6 Å². The zero-order chi connectivity index (χ0) is 28.8. The van der Waals surface area contributed by atoms with Crippen molar-refractivity contribution in [2.45, 2.75) is 51.4 Å². The molecule has 1 aliphatic carbocycles. The van der Waals surface area contributed by atoms with Crippen LogP contribution in [0.2, 0.25) is 5.02 Å². The molecule has 2 aromatic carbocycles. The van der Waals surface area contributed by atoms with E-state index in [1.165, 1.54) is 54.2 Å². The molecule has 2 aromatic heterocycles. The minimum Gasteiger partial charge on any atom is -0.338 e. The van der Waals surface area contributed by atoms with Crippen molar-refractivity contribution in [1.82, 2.24) is 30.2 Å². The Morgan fingerprint density at radius 2 is 1.88 bits per heavy atom. The van der Waals surface area contributed by atoms with Gasteiger partial charge in [0.25, 0.3) is 0 Å². The van der Waals surface area contributed by atoms with Crippen molar-refractivity contribution in [3.05, 3.63) is 65.1 Å². The van der Waals surface area contributed by atoms with Crippen molar-refractivity contribution < 1.29 is 4.57 Å². The molecule has 4 N–H and O–H groups in total. The molecular formula is C29H37ClN9OP. The van der Waals surface area contributed by atoms with Gasteiger partial charge in [-0.1, -0.05) is 36.9 Å². The number of fused-ring (bicyclic) bond motifs is 1. The third-order valence-corrected chi connectivity index (χ3v) is 9.40. The normalized spacial score (nSPS) is 15.3. The molecule has 216 valence electrons. The summed E-state index contributed by atoms with van der Waals surface area (Å²) in [5, 5.41) is 18.9. The Kier molecular flexibility index (Phi) is 9.32. The first kappa shape index (κ1) is 29.2. The number of hydrogen-bond acceptors (Lipinski definition) is 9. The summed E-state index contributed by atoms with van der Waals surface area (Å²) in [5.74, 6) is 1.62. The first-order valence-corrected chi connectivity index (χ1v) is 17.1. The number of aromatic nitrogens is 6. The summed E-state index contributed by atoms with van der Waals surface area (Å²) >= 11 is 6.49. The molecule has 10 nitrogen and oxygen atoms in total. The largest absolute Gasteiger partial charge is 0.338 e. The first-order chi connectivity index (χ1) is 19.8. The summed E-state index contributed by atoms with van der Waals surface area (Å²) in [5.41, 5.74) is 10.8. The Hall–Kier alpha value is -3.33. The van der Waals surface area contributed by atoms with Crippen molar-refractivity contribution in [2.24, 2.45) is 11.7 Å². The van der Waals surface area contributed by atoms with Crippen LogP contribution in [0.1, 0.15) is 49.7 Å². The molecule has 0 fully saturated rings. The van der Waals surface area contributed by atoms with E-state index in [9.17, 15) is 4.57 Å². The molecule has 41 heavy (non-hydrogen) atoms. The van der Waals surface area contributed by atoms with E-state index in [1.54, 1.807) is 19.5 Å². The van der Waals surface area contributed by atoms with E-state index in [0.29, 0.717) is 33.5 Å². The van der Waals surface area contributed by atoms with Crippen LogP contribution in [0.3, 0.4) is 0 Å². The fourth-order valence-corrected chi connectivity index (χ4v) is 6.64. The molecule has 1 aliphatic rings. The van der Waals surface area contributed by atoms with Crippen molar-refractivity contribution >= 4 is 47.2 Å². The van der Waals surface area contributed by atoms with Crippen molar-refractivity contribution in [1.29, 1.82) is 0 Å². The van der Waals surface area contributed by atoms with Crippen LogP contribution in [0.25, 0.3) is 5.69 Å². The number of nitrogens with two attached hydrogens (primary N) is 1. The van der Waals surface area contributed by atoms with Gasteiger partial charge in [-0.3, -0.25) is 0 Å². The third-order valence-electron chi connectivity index (χ3n) is 7.59. The van der Waals surface area contributed by atoms with E-state index in [-0.39, 0.29) is 0 Å². The summed E-state index contributed by atoms with van der Waals surface area (Å²) in [6.45, 7) is 4.22. The van der Waals surface area contributed by atoms with E-state index >= 15 is 0 Å². The van der Waals surface area contributed by atoms with Gasteiger partial charge in [0.1, 0.15) is 18.5 Å². The standard InChI is InChI=1S/C29H37ClN9OP/c1-41(2,40)27-17-24(39-19-33-37-38-39)13-14-26(27)35-28-25(30)18-32-29(36-28)34-23-12-11-21-9-7-20(6-4-3-5-15-31)8-10-22(21)16-23/h11-14,16-20H,3-10,15,31H2,1-2H3,(H2,32,34,35,36)/t20-/m0/s1. The highest BCUT2D eigenvalue weighted by molar-refractivity contribution is 7.70. The third kappa shape index (κ3) is 7.50. The maximum absolute atomic E-state index is 13.2. The highest BCUT2D eigenvalue weighted by atomic mass is 35.5. The summed E-state index contributed by atoms with van der Waals surface area (Å²) in [6.07, 6.45) is 12.6. The van der Waals surface area contributed by atoms with Gasteiger partial charge < -0.3 is 20.9 Å². The molecule has 4 aromatic rings. The molecule has 0 aliphatic heterocycles. The number of nitrogens with zero attached hydrogens (tertiary/aromatic N) is 6. The van der Waals surface area contributed by atoms with Crippen LogP contribution in [0.4, 0.5) is 23.1 Å². The highest BCUT2D eigenvalue weighted by Gasteiger charge is 2.20. The molecule has 0 amide bonds. The molecule has 1 atom stereocenters. The molecule has 12 heteroatoms. The molecule has 5 rings (SSSR count). The van der Waals surface area contributed by atoms with Gasteiger partial charge in [-0.05, 0) is 110 Å². The van der Waals surface area contributed by atoms with Crippen molar-refractivity contribution in [3.63, 3.8) is 0 Å². The second kappa shape index (κ2) is 13.1. The highest BCUT2D eigenvalue weighted by Crippen LogP contribution is 2.39. The van der Waals surface area contributed by atoms with Gasteiger partial charge in [0.15, 0.2) is 5.82 Å². The molecule has 0 saturated carbocycles. The second-order valence-corrected chi connectivity index (χ2v) is 14.6. The fraction of sp³-hybridized carbons (Fsp3) is 0.414. The van der Waals surface area contributed by atoms with Crippen molar-refractivity contribution in [2.75, 3.05) is 30.5 Å². The van der Waals surface area contributed by atoms with Crippen LogP contribution in [-0.2, 0) is 17.4 Å². The number of aryl methyl sites for hydroxylation is 2. The molecule has 2 heterocycles. The van der Waals surface area contributed by atoms with Crippen LogP contribution < -0.4 is 21.7 Å². The van der Waals surface area contributed by atoms with E-state index in [2.05, 4.69) is 54.3 Å². The maximum Gasteiger partial charge on any atom is 0.229 e. The number of anilines is 4. The van der Waals surface area contributed by atoms with E-state index in [1.807, 2.05) is 18.2 Å². The molecule has 0 bridgehead atoms. The van der Waals surface area contributed by atoms with Crippen molar-refractivity contribution in [3.8, 4) is 5.69 Å². The van der Waals surface area contributed by atoms with Crippen LogP contribution >= 0.6 is 18.7 Å². The second-order valence-electron chi connectivity index (χ2n) is 11.0. The van der Waals surface area contributed by atoms with Gasteiger partial charge in [-0.25, -0.2) is 9.67 Å². The number of hydrogen-bond donors (Lipinski definition) is 3. The van der Waals surface area contributed by atoms with Gasteiger partial charge >= 0.3 is 0 Å². The Labute approximate surface area is 245 Å². The van der Waals surface area contributed by atoms with Crippen LogP contribution in [0.5, 0.6) is 0 Å². The zero-order valence-corrected chi connectivity index (χ0v) is 25.2. The molecular weight excluding hydrogens is 557 g/mol. The average molecular weight is 594 g/mol. The molecule has 0 saturated heterocycles. The Balaban J connectivity index is 1.31. The molecule has 0 unspecified atom stereocenters. The zero-order valence-electron chi connectivity index (χ0n) is 23.6. The van der Waals surface area contributed by atoms with Crippen LogP contribution in [0, 0.1) is 5.92 Å². The Morgan fingerprint density at radius 3 is 2.63 bits per heavy atom. The Morgan fingerprint density at radius 1 is 1.05 bits per heavy atom. The van der Waals surface area contributed by atoms with Gasteiger partial charge in [-0.15, -0.1) is 5.10 Å². The van der Waals surface area contributed by atoms with Gasteiger partial charge in [-0.2, -0.15) is 4.98 Å². The summed E-state index contributed by atoms with van der Waals surface area (Å²) in [4.78, 5) is 9.05. The lowest BCUT2D eigenvalue weighted by atomic mass is 9.93. The predicted molar refractivity (Wildman–Crippen MR) is 166 cm³/mol. The average Bonchev–Trinajstić information content (AvgIpc) is 3.42. The van der Waals surface area contributed by atoms with Crippen LogP contribution in [-0.4, -0.2) is 50.0 Å². The lowest BCUT2D eigenvalue weighted by Crippen LogP contribution is -2.13. The van der Waals surface area contributed by atoms with E-state index in [0.717, 1.165) is 37.4 Å². The SMILES string of the molecule is CP(C)(=O)c1cc(-n2cnnn2)ccc1Nc1nc(Nc2ccc3c(c2)CC[C@@H](CCCCCN)CC3)ncc1Cl. The fourth-order valence-electron chi connectivity index (χ4n) is 5.35. The molecule has 0 radical (unpaired) electrons. The number of unbranched alkanes of at least 4 members (excludes halogenated alkanes) is 2. The molecule has 0 spiro atoms. The van der Waals surface area contributed by atoms with E-state index in [4.69, 9.17) is 17.3 Å². The van der Waals surface area contributed by atoms with Gasteiger partial charge in [0.2, 0.25) is 5.95 Å². The lowest BCUT2D eigenvalue weighted by molar-refractivity contribution is 0.411. The number of halogens is 1. The smallest absolute Gasteiger partial charge is 0.229 e. The van der Waals surface area contributed by atoms with Crippen LogP contribution in [0.15, 0.2) is 48.9 Å². The van der Waals surface area contributed by atoms with E-state index < -0.39 is 7.14 Å². The summed E-state index contributed by atoms with van der Waals surface area (Å²) in [6, 6.07) is 12.0. The summed E-state index contributed by atoms with van der Waals surface area (Å²) < 4.78 is 14.7. The summed E-state index contributed by atoms with van der Waals surface area (Å²) in [7, 11) is -2.68. The minimum absolute atomic E-state index is 0.354. The topological polar surface area (TPSA) is 137 Å². The quantitative estimate of drug-likeness (QED) is 0.111. The number of nitrogens with one attached hydrogen (secondary N) is 2. The lowest BCUT2D eigenvalue weighted by Gasteiger charge is -2.17. The predicted octanol–water partition coefficient (Wildman–Crippen LogP) is 5.86.